The van der Waals surface area contributed by atoms with Crippen LogP contribution in [0.2, 0.25) is 0 Å². The summed E-state index contributed by atoms with van der Waals surface area (Å²) >= 11 is 0. The molecule has 0 aliphatic carbocycles. The largest absolute Gasteiger partial charge is 0.375 e. The molecule has 1 aromatic heterocycles. The summed E-state index contributed by atoms with van der Waals surface area (Å²) in [5, 5.41) is 6.14. The normalized spacial score (nSPS) is 18.0. The van der Waals surface area contributed by atoms with Gasteiger partial charge in [-0.3, -0.25) is 9.69 Å². The molecular formula is C21H23N3O3. The SMILES string of the molecule is COCc1nc(CN2CCC[C@H](C(=O)c3cccc4ccccc34)C2)no1. The van der Waals surface area contributed by atoms with E-state index in [1.807, 2.05) is 42.5 Å². The molecule has 1 atom stereocenters. The molecule has 27 heavy (non-hydrogen) atoms. The monoisotopic (exact) mass is 365 g/mol. The summed E-state index contributed by atoms with van der Waals surface area (Å²) in [4.78, 5) is 19.8. The van der Waals surface area contributed by atoms with Crippen LogP contribution < -0.4 is 0 Å². The number of methoxy groups -OCH3 is 1. The average Bonchev–Trinajstić information content (AvgIpc) is 3.14. The molecule has 2 heterocycles. The maximum Gasteiger partial charge on any atom is 0.252 e. The molecule has 1 aliphatic rings. The third-order valence-corrected chi connectivity index (χ3v) is 5.07. The van der Waals surface area contributed by atoms with Crippen LogP contribution in [0, 0.1) is 5.92 Å². The van der Waals surface area contributed by atoms with Crippen LogP contribution in [-0.2, 0) is 17.9 Å². The highest BCUT2D eigenvalue weighted by atomic mass is 16.5. The summed E-state index contributed by atoms with van der Waals surface area (Å²) in [6, 6.07) is 14.0. The molecule has 0 saturated carbocycles. The van der Waals surface area contributed by atoms with E-state index in [-0.39, 0.29) is 11.7 Å². The minimum Gasteiger partial charge on any atom is -0.375 e. The van der Waals surface area contributed by atoms with Crippen LogP contribution in [0.1, 0.15) is 34.9 Å². The molecule has 0 radical (unpaired) electrons. The number of carbonyl (C=O) groups is 1. The molecular weight excluding hydrogens is 342 g/mol. The van der Waals surface area contributed by atoms with Crippen molar-refractivity contribution in [2.45, 2.75) is 26.0 Å². The number of ether oxygens (including phenoxy) is 1. The van der Waals surface area contributed by atoms with Gasteiger partial charge >= 0.3 is 0 Å². The molecule has 1 saturated heterocycles. The second-order valence-corrected chi connectivity index (χ2v) is 7.00. The molecule has 3 aromatic rings. The van der Waals surface area contributed by atoms with E-state index in [2.05, 4.69) is 15.0 Å². The fourth-order valence-electron chi connectivity index (χ4n) is 3.81. The van der Waals surface area contributed by atoms with Crippen molar-refractivity contribution < 1.29 is 14.1 Å². The van der Waals surface area contributed by atoms with Gasteiger partial charge in [0.05, 0.1) is 6.54 Å². The third-order valence-electron chi connectivity index (χ3n) is 5.07. The molecule has 0 N–H and O–H groups in total. The number of benzene rings is 2. The van der Waals surface area contributed by atoms with E-state index in [0.29, 0.717) is 24.9 Å². The molecule has 1 fully saturated rings. The number of nitrogens with zero attached hydrogens (tertiary/aromatic N) is 3. The van der Waals surface area contributed by atoms with E-state index in [0.717, 1.165) is 42.3 Å². The quantitative estimate of drug-likeness (QED) is 0.623. The zero-order valence-electron chi connectivity index (χ0n) is 15.4. The van der Waals surface area contributed by atoms with E-state index >= 15 is 0 Å². The lowest BCUT2D eigenvalue weighted by Crippen LogP contribution is -2.38. The number of carbonyl (C=O) groups excluding carboxylic acids is 1. The number of Topliss-reactive ketones (excluding diaryl/α,β-unsaturated/α-hetero) is 1. The Labute approximate surface area is 158 Å². The van der Waals surface area contributed by atoms with Crippen LogP contribution in [0.4, 0.5) is 0 Å². The van der Waals surface area contributed by atoms with Crippen LogP contribution in [0.3, 0.4) is 0 Å². The Morgan fingerprint density at radius 1 is 1.26 bits per heavy atom. The van der Waals surface area contributed by atoms with Crippen molar-refractivity contribution in [3.05, 3.63) is 59.7 Å². The topological polar surface area (TPSA) is 68.5 Å². The maximum atomic E-state index is 13.2. The summed E-state index contributed by atoms with van der Waals surface area (Å²) in [5.74, 6) is 1.34. The first-order valence-corrected chi connectivity index (χ1v) is 9.29. The van der Waals surface area contributed by atoms with E-state index in [9.17, 15) is 4.79 Å². The van der Waals surface area contributed by atoms with Gasteiger partial charge in [0.2, 0.25) is 0 Å². The van der Waals surface area contributed by atoms with Gasteiger partial charge in [-0.15, -0.1) is 0 Å². The van der Waals surface area contributed by atoms with Crippen molar-refractivity contribution in [1.82, 2.24) is 15.0 Å². The van der Waals surface area contributed by atoms with Crippen molar-refractivity contribution in [1.29, 1.82) is 0 Å². The van der Waals surface area contributed by atoms with Crippen LogP contribution in [0.25, 0.3) is 10.8 Å². The number of aromatic nitrogens is 2. The lowest BCUT2D eigenvalue weighted by Gasteiger charge is -2.31. The number of hydrogen-bond donors (Lipinski definition) is 0. The van der Waals surface area contributed by atoms with Gasteiger partial charge in [-0.2, -0.15) is 4.98 Å². The van der Waals surface area contributed by atoms with Gasteiger partial charge in [-0.05, 0) is 30.2 Å². The van der Waals surface area contributed by atoms with Gasteiger partial charge in [-0.25, -0.2) is 0 Å². The first-order chi connectivity index (χ1) is 13.2. The molecule has 0 amide bonds. The molecule has 0 spiro atoms. The fourth-order valence-corrected chi connectivity index (χ4v) is 3.81. The summed E-state index contributed by atoms with van der Waals surface area (Å²) in [6.45, 7) is 2.56. The van der Waals surface area contributed by atoms with E-state index in [1.165, 1.54) is 0 Å². The molecule has 6 nitrogen and oxygen atoms in total. The Kier molecular flexibility index (Phi) is 5.27. The van der Waals surface area contributed by atoms with E-state index < -0.39 is 0 Å². The number of hydrogen-bond acceptors (Lipinski definition) is 6. The number of piperidine rings is 1. The molecule has 140 valence electrons. The zero-order chi connectivity index (χ0) is 18.6. The maximum absolute atomic E-state index is 13.2. The molecule has 0 unspecified atom stereocenters. The first kappa shape index (κ1) is 17.8. The summed E-state index contributed by atoms with van der Waals surface area (Å²) < 4.78 is 10.2. The fraction of sp³-hybridized carbons (Fsp3) is 0.381. The van der Waals surface area contributed by atoms with E-state index in [1.54, 1.807) is 7.11 Å². The Hall–Kier alpha value is -2.57. The standard InChI is InChI=1S/C21H23N3O3/c1-26-14-20-22-19(23-27-20)13-24-11-5-8-16(12-24)21(25)18-10-4-7-15-6-2-3-9-17(15)18/h2-4,6-7,9-10,16H,5,8,11-14H2,1H3/t16-/m0/s1. The lowest BCUT2D eigenvalue weighted by molar-refractivity contribution is 0.0809. The van der Waals surface area contributed by atoms with Gasteiger partial charge in [0.25, 0.3) is 5.89 Å². The summed E-state index contributed by atoms with van der Waals surface area (Å²) in [6.07, 6.45) is 1.91. The molecule has 2 aromatic carbocycles. The van der Waals surface area contributed by atoms with Crippen molar-refractivity contribution in [3.63, 3.8) is 0 Å². The average molecular weight is 365 g/mol. The highest BCUT2D eigenvalue weighted by Crippen LogP contribution is 2.26. The van der Waals surface area contributed by atoms with E-state index in [4.69, 9.17) is 9.26 Å². The van der Waals surface area contributed by atoms with Crippen molar-refractivity contribution >= 4 is 16.6 Å². The van der Waals surface area contributed by atoms with Crippen LogP contribution >= 0.6 is 0 Å². The molecule has 0 bridgehead atoms. The second-order valence-electron chi connectivity index (χ2n) is 7.00. The second kappa shape index (κ2) is 7.98. The number of likely N-dealkylation sites (tertiary alicyclic amines) is 1. The Balaban J connectivity index is 1.48. The zero-order valence-corrected chi connectivity index (χ0v) is 15.4. The Morgan fingerprint density at radius 3 is 3.00 bits per heavy atom. The number of ketones is 1. The highest BCUT2D eigenvalue weighted by Gasteiger charge is 2.28. The third kappa shape index (κ3) is 3.91. The Bertz CT molecular complexity index is 932. The smallest absolute Gasteiger partial charge is 0.252 e. The van der Waals surface area contributed by atoms with Crippen molar-refractivity contribution in [3.8, 4) is 0 Å². The van der Waals surface area contributed by atoms with Gasteiger partial charge < -0.3 is 9.26 Å². The number of rotatable bonds is 6. The van der Waals surface area contributed by atoms with Crippen molar-refractivity contribution in [2.75, 3.05) is 20.2 Å². The van der Waals surface area contributed by atoms with Gasteiger partial charge in [0.15, 0.2) is 11.6 Å². The minimum absolute atomic E-state index is 0.00472. The van der Waals surface area contributed by atoms with Gasteiger partial charge in [0, 0.05) is 25.1 Å². The predicted molar refractivity (Wildman–Crippen MR) is 101 cm³/mol. The highest BCUT2D eigenvalue weighted by molar-refractivity contribution is 6.09. The van der Waals surface area contributed by atoms with Gasteiger partial charge in [0.1, 0.15) is 6.61 Å². The molecule has 6 heteroatoms. The Morgan fingerprint density at radius 2 is 2.11 bits per heavy atom. The number of fused-ring (bicyclic) bond motifs is 1. The van der Waals surface area contributed by atoms with Gasteiger partial charge in [-0.1, -0.05) is 47.6 Å². The lowest BCUT2D eigenvalue weighted by atomic mass is 9.88. The first-order valence-electron chi connectivity index (χ1n) is 9.29. The predicted octanol–water partition coefficient (Wildman–Crippen LogP) is 3.46. The summed E-state index contributed by atoms with van der Waals surface area (Å²) in [5.41, 5.74) is 0.821. The van der Waals surface area contributed by atoms with Crippen LogP contribution in [0.5, 0.6) is 0 Å². The molecule has 1 aliphatic heterocycles. The van der Waals surface area contributed by atoms with Crippen LogP contribution in [0.15, 0.2) is 47.0 Å². The molecule has 4 rings (SSSR count). The van der Waals surface area contributed by atoms with Crippen LogP contribution in [-0.4, -0.2) is 41.0 Å². The van der Waals surface area contributed by atoms with Crippen molar-refractivity contribution in [2.24, 2.45) is 5.92 Å². The summed E-state index contributed by atoms with van der Waals surface area (Å²) in [7, 11) is 1.60. The minimum atomic E-state index is -0.00472.